The Balaban J connectivity index is 1.71. The SMILES string of the molecule is Cn1ccnc1-c1nc(NCc2ccccc2F)ncc1-c1ccc(Cl)cc1. The van der Waals surface area contributed by atoms with Gasteiger partial charge in [0.2, 0.25) is 5.95 Å². The van der Waals surface area contributed by atoms with E-state index < -0.39 is 0 Å². The number of aryl methyl sites for hydroxylation is 1. The summed E-state index contributed by atoms with van der Waals surface area (Å²) in [5, 5.41) is 3.75. The van der Waals surface area contributed by atoms with Crippen LogP contribution in [0.4, 0.5) is 10.3 Å². The molecule has 140 valence electrons. The predicted molar refractivity (Wildman–Crippen MR) is 108 cm³/mol. The molecule has 0 fully saturated rings. The lowest BCUT2D eigenvalue weighted by Crippen LogP contribution is -2.07. The Kier molecular flexibility index (Phi) is 5.04. The number of anilines is 1. The third-order valence-corrected chi connectivity index (χ3v) is 4.62. The van der Waals surface area contributed by atoms with Crippen LogP contribution in [0.25, 0.3) is 22.6 Å². The number of nitrogens with zero attached hydrogens (tertiary/aromatic N) is 4. The summed E-state index contributed by atoms with van der Waals surface area (Å²) in [5.41, 5.74) is 3.00. The Morgan fingerprint density at radius 1 is 1.07 bits per heavy atom. The lowest BCUT2D eigenvalue weighted by atomic mass is 10.1. The van der Waals surface area contributed by atoms with Gasteiger partial charge in [0.1, 0.15) is 11.5 Å². The quantitative estimate of drug-likeness (QED) is 0.521. The number of nitrogens with one attached hydrogen (secondary N) is 1. The van der Waals surface area contributed by atoms with E-state index in [1.807, 2.05) is 42.1 Å². The molecule has 0 aliphatic carbocycles. The van der Waals surface area contributed by atoms with E-state index >= 15 is 0 Å². The van der Waals surface area contributed by atoms with Gasteiger partial charge in [0, 0.05) is 48.3 Å². The Hall–Kier alpha value is -3.25. The summed E-state index contributed by atoms with van der Waals surface area (Å²) in [7, 11) is 1.91. The van der Waals surface area contributed by atoms with E-state index in [2.05, 4.69) is 20.3 Å². The maximum absolute atomic E-state index is 13.9. The Labute approximate surface area is 166 Å². The molecule has 2 heterocycles. The molecule has 2 aromatic heterocycles. The molecule has 4 rings (SSSR count). The largest absolute Gasteiger partial charge is 0.350 e. The minimum absolute atomic E-state index is 0.267. The van der Waals surface area contributed by atoms with Gasteiger partial charge in [-0.15, -0.1) is 0 Å². The van der Waals surface area contributed by atoms with Crippen molar-refractivity contribution in [2.45, 2.75) is 6.54 Å². The van der Waals surface area contributed by atoms with Crippen LogP contribution in [0.3, 0.4) is 0 Å². The average molecular weight is 394 g/mol. The van der Waals surface area contributed by atoms with E-state index in [1.54, 1.807) is 30.6 Å². The van der Waals surface area contributed by atoms with Crippen molar-refractivity contribution >= 4 is 17.5 Å². The first kappa shape index (κ1) is 18.1. The van der Waals surface area contributed by atoms with Crippen LogP contribution < -0.4 is 5.32 Å². The molecule has 0 spiro atoms. The number of rotatable bonds is 5. The van der Waals surface area contributed by atoms with Crippen molar-refractivity contribution in [1.29, 1.82) is 0 Å². The van der Waals surface area contributed by atoms with Crippen LogP contribution in [0.5, 0.6) is 0 Å². The summed E-state index contributed by atoms with van der Waals surface area (Å²) in [5.74, 6) is 0.845. The van der Waals surface area contributed by atoms with Crippen LogP contribution in [-0.4, -0.2) is 19.5 Å². The van der Waals surface area contributed by atoms with Crippen molar-refractivity contribution in [2.24, 2.45) is 7.05 Å². The third kappa shape index (κ3) is 3.73. The van der Waals surface area contributed by atoms with Crippen molar-refractivity contribution < 1.29 is 4.39 Å². The minimum atomic E-state index is -0.267. The molecule has 2 aromatic carbocycles. The van der Waals surface area contributed by atoms with Crippen LogP contribution in [0.15, 0.2) is 67.1 Å². The van der Waals surface area contributed by atoms with Crippen molar-refractivity contribution in [3.63, 3.8) is 0 Å². The van der Waals surface area contributed by atoms with E-state index in [1.165, 1.54) is 6.07 Å². The van der Waals surface area contributed by atoms with Crippen molar-refractivity contribution in [3.8, 4) is 22.6 Å². The molecule has 1 N–H and O–H groups in total. The van der Waals surface area contributed by atoms with Crippen LogP contribution in [0, 0.1) is 5.82 Å². The van der Waals surface area contributed by atoms with Gasteiger partial charge in [-0.2, -0.15) is 0 Å². The maximum Gasteiger partial charge on any atom is 0.223 e. The lowest BCUT2D eigenvalue weighted by molar-refractivity contribution is 0.612. The predicted octanol–water partition coefficient (Wildman–Crippen LogP) is 4.95. The Morgan fingerprint density at radius 2 is 1.86 bits per heavy atom. The molecule has 0 amide bonds. The zero-order valence-corrected chi connectivity index (χ0v) is 15.9. The van der Waals surface area contributed by atoms with Crippen molar-refractivity contribution in [2.75, 3.05) is 5.32 Å². The van der Waals surface area contributed by atoms with E-state index in [9.17, 15) is 4.39 Å². The van der Waals surface area contributed by atoms with Crippen LogP contribution in [0.2, 0.25) is 5.02 Å². The number of hydrogen-bond acceptors (Lipinski definition) is 4. The fourth-order valence-corrected chi connectivity index (χ4v) is 3.01. The van der Waals surface area contributed by atoms with E-state index in [-0.39, 0.29) is 12.4 Å². The molecule has 7 heteroatoms. The van der Waals surface area contributed by atoms with Gasteiger partial charge < -0.3 is 9.88 Å². The van der Waals surface area contributed by atoms with E-state index in [4.69, 9.17) is 11.6 Å². The number of halogens is 2. The molecule has 0 atom stereocenters. The van der Waals surface area contributed by atoms with Crippen molar-refractivity contribution in [1.82, 2.24) is 19.5 Å². The molecule has 0 aliphatic rings. The highest BCUT2D eigenvalue weighted by molar-refractivity contribution is 6.30. The number of hydrogen-bond donors (Lipinski definition) is 1. The molecule has 0 radical (unpaired) electrons. The molecule has 0 saturated heterocycles. The summed E-state index contributed by atoms with van der Waals surface area (Å²) >= 11 is 6.01. The smallest absolute Gasteiger partial charge is 0.223 e. The first-order chi connectivity index (χ1) is 13.6. The van der Waals surface area contributed by atoms with Gasteiger partial charge in [-0.05, 0) is 23.8 Å². The standard InChI is InChI=1S/C21H17ClFN5/c1-28-11-10-24-20(28)19-17(14-6-8-16(22)9-7-14)13-26-21(27-19)25-12-15-4-2-3-5-18(15)23/h2-11,13H,12H2,1H3,(H,25,26,27). The van der Waals surface area contributed by atoms with E-state index in [0.717, 1.165) is 11.1 Å². The second-order valence-corrected chi connectivity index (χ2v) is 6.71. The first-order valence-electron chi connectivity index (χ1n) is 8.70. The first-order valence-corrected chi connectivity index (χ1v) is 9.07. The van der Waals surface area contributed by atoms with Gasteiger partial charge in [0.15, 0.2) is 5.82 Å². The third-order valence-electron chi connectivity index (χ3n) is 4.37. The molecule has 28 heavy (non-hydrogen) atoms. The molecular formula is C21H17ClFN5. The van der Waals surface area contributed by atoms with Gasteiger partial charge >= 0.3 is 0 Å². The molecule has 0 aliphatic heterocycles. The Bertz CT molecular complexity index is 1110. The van der Waals surface area contributed by atoms with Crippen LogP contribution in [0.1, 0.15) is 5.56 Å². The van der Waals surface area contributed by atoms with E-state index in [0.29, 0.717) is 28.1 Å². The van der Waals surface area contributed by atoms with Crippen LogP contribution >= 0.6 is 11.6 Å². The highest BCUT2D eigenvalue weighted by atomic mass is 35.5. The normalized spacial score (nSPS) is 10.8. The topological polar surface area (TPSA) is 55.6 Å². The van der Waals surface area contributed by atoms with Crippen LogP contribution in [-0.2, 0) is 13.6 Å². The molecular weight excluding hydrogens is 377 g/mol. The number of benzene rings is 2. The molecule has 4 aromatic rings. The van der Waals surface area contributed by atoms with Gasteiger partial charge in [-0.25, -0.2) is 19.3 Å². The fraction of sp³-hybridized carbons (Fsp3) is 0.0952. The number of imidazole rings is 1. The van der Waals surface area contributed by atoms with Gasteiger partial charge in [0.25, 0.3) is 0 Å². The summed E-state index contributed by atoms with van der Waals surface area (Å²) in [6.45, 7) is 0.285. The van der Waals surface area contributed by atoms with Gasteiger partial charge in [-0.1, -0.05) is 41.9 Å². The minimum Gasteiger partial charge on any atom is -0.350 e. The molecule has 0 unspecified atom stereocenters. The van der Waals surface area contributed by atoms with Gasteiger partial charge in [0.05, 0.1) is 0 Å². The summed E-state index contributed by atoms with van der Waals surface area (Å²) < 4.78 is 15.8. The number of aromatic nitrogens is 4. The maximum atomic E-state index is 13.9. The monoisotopic (exact) mass is 393 g/mol. The fourth-order valence-electron chi connectivity index (χ4n) is 2.89. The second kappa shape index (κ2) is 7.78. The zero-order valence-electron chi connectivity index (χ0n) is 15.1. The Morgan fingerprint density at radius 3 is 2.57 bits per heavy atom. The van der Waals surface area contributed by atoms with Gasteiger partial charge in [-0.3, -0.25) is 0 Å². The summed E-state index contributed by atoms with van der Waals surface area (Å²) in [6, 6.07) is 14.1. The van der Waals surface area contributed by atoms with Crippen molar-refractivity contribution in [3.05, 3.63) is 83.5 Å². The second-order valence-electron chi connectivity index (χ2n) is 6.27. The summed E-state index contributed by atoms with van der Waals surface area (Å²) in [4.78, 5) is 13.5. The zero-order chi connectivity index (χ0) is 19.5. The highest BCUT2D eigenvalue weighted by Crippen LogP contribution is 2.30. The summed E-state index contributed by atoms with van der Waals surface area (Å²) in [6.07, 6.45) is 5.31. The lowest BCUT2D eigenvalue weighted by Gasteiger charge is -2.12. The molecule has 0 bridgehead atoms. The average Bonchev–Trinajstić information content (AvgIpc) is 3.14. The highest BCUT2D eigenvalue weighted by Gasteiger charge is 2.15. The molecule has 5 nitrogen and oxygen atoms in total. The molecule has 0 saturated carbocycles.